The van der Waals surface area contributed by atoms with Gasteiger partial charge in [0.15, 0.2) is 4.77 Å². The molecule has 0 amide bonds. The van der Waals surface area contributed by atoms with Gasteiger partial charge in [-0.05, 0) is 24.4 Å². The summed E-state index contributed by atoms with van der Waals surface area (Å²) in [7, 11) is 0. The molecule has 0 aliphatic carbocycles. The topological polar surface area (TPSA) is 63.8 Å². The van der Waals surface area contributed by atoms with Gasteiger partial charge in [0.05, 0.1) is 10.9 Å². The molecule has 3 N–H and O–H groups in total. The Labute approximate surface area is 129 Å². The van der Waals surface area contributed by atoms with Gasteiger partial charge in [-0.3, -0.25) is 4.79 Å². The molecule has 0 unspecified atom stereocenters. The molecule has 68 valence electrons. The van der Waals surface area contributed by atoms with Crippen LogP contribution >= 0.6 is 12.2 Å². The third-order valence-corrected chi connectivity index (χ3v) is 2.14. The standard InChI is InChI=1S/C8H7N3OS.K.H/c9-11-7(12)5-3-1-2-4-6(5)10-8(11)13;;/h1-4H,9H2,(H,10,13);;/q;+1;-1. The van der Waals surface area contributed by atoms with Crippen LogP contribution in [0.3, 0.4) is 0 Å². The zero-order chi connectivity index (χ0) is 9.42. The normalized spacial score (nSPS) is 9.71. The number of hydrogen-bond acceptors (Lipinski definition) is 3. The Morgan fingerprint density at radius 1 is 1.43 bits per heavy atom. The van der Waals surface area contributed by atoms with Crippen molar-refractivity contribution in [1.82, 2.24) is 9.66 Å². The fourth-order valence-corrected chi connectivity index (χ4v) is 1.37. The van der Waals surface area contributed by atoms with E-state index in [-0.39, 0.29) is 63.1 Å². The van der Waals surface area contributed by atoms with Crippen LogP contribution in [0.4, 0.5) is 0 Å². The van der Waals surface area contributed by atoms with E-state index >= 15 is 0 Å². The molecule has 0 fully saturated rings. The van der Waals surface area contributed by atoms with Crippen molar-refractivity contribution in [3.05, 3.63) is 39.4 Å². The molecular formula is C8H8KN3OS. The SMILES string of the molecule is Nn1c(=S)[nH]c2ccccc2c1=O.[H-].[K+]. The number of nitrogens with zero attached hydrogens (tertiary/aromatic N) is 1. The van der Waals surface area contributed by atoms with Crippen molar-refractivity contribution in [2.75, 3.05) is 5.84 Å². The minimum atomic E-state index is -0.278. The number of aromatic amines is 1. The van der Waals surface area contributed by atoms with E-state index in [0.29, 0.717) is 10.9 Å². The van der Waals surface area contributed by atoms with Crippen molar-refractivity contribution < 1.29 is 52.8 Å². The molecule has 0 spiro atoms. The average molecular weight is 233 g/mol. The number of rotatable bonds is 0. The summed E-state index contributed by atoms with van der Waals surface area (Å²) in [4.78, 5) is 14.4. The second kappa shape index (κ2) is 4.69. The van der Waals surface area contributed by atoms with Gasteiger partial charge in [0.1, 0.15) is 0 Å². The predicted molar refractivity (Wildman–Crippen MR) is 54.7 cm³/mol. The molecule has 6 heteroatoms. The van der Waals surface area contributed by atoms with Crippen LogP contribution in [0.1, 0.15) is 1.43 Å². The second-order valence-electron chi connectivity index (χ2n) is 2.65. The molecule has 0 aliphatic rings. The molecule has 2 aromatic rings. The zero-order valence-corrected chi connectivity index (χ0v) is 11.6. The van der Waals surface area contributed by atoms with E-state index in [1.165, 1.54) is 0 Å². The Morgan fingerprint density at radius 3 is 2.79 bits per heavy atom. The number of nitrogens with one attached hydrogen (secondary N) is 1. The van der Waals surface area contributed by atoms with Gasteiger partial charge in [-0.25, -0.2) is 0 Å². The van der Waals surface area contributed by atoms with Crippen molar-refractivity contribution in [2.45, 2.75) is 0 Å². The number of fused-ring (bicyclic) bond motifs is 1. The molecular weight excluding hydrogens is 225 g/mol. The molecule has 0 atom stereocenters. The number of para-hydroxylation sites is 1. The smallest absolute Gasteiger partial charge is 1.00 e. The van der Waals surface area contributed by atoms with Crippen LogP contribution < -0.4 is 62.8 Å². The summed E-state index contributed by atoms with van der Waals surface area (Å²) in [6.07, 6.45) is 0. The van der Waals surface area contributed by atoms with E-state index in [0.717, 1.165) is 4.68 Å². The van der Waals surface area contributed by atoms with Crippen LogP contribution in [0.15, 0.2) is 29.1 Å². The summed E-state index contributed by atoms with van der Waals surface area (Å²) >= 11 is 4.85. The van der Waals surface area contributed by atoms with Gasteiger partial charge < -0.3 is 12.3 Å². The molecule has 0 saturated heterocycles. The summed E-state index contributed by atoms with van der Waals surface area (Å²) in [5.74, 6) is 5.42. The van der Waals surface area contributed by atoms with Gasteiger partial charge in [0.2, 0.25) is 0 Å². The van der Waals surface area contributed by atoms with Crippen molar-refractivity contribution in [3.8, 4) is 0 Å². The number of H-pyrrole nitrogens is 1. The number of aromatic nitrogens is 2. The number of benzene rings is 1. The fraction of sp³-hybridized carbons (Fsp3) is 0. The predicted octanol–water partition coefficient (Wildman–Crippen LogP) is -2.11. The minimum Gasteiger partial charge on any atom is -1.00 e. The summed E-state index contributed by atoms with van der Waals surface area (Å²) in [5, 5.41) is 0.540. The monoisotopic (exact) mass is 233 g/mol. The van der Waals surface area contributed by atoms with Gasteiger partial charge in [-0.1, -0.05) is 12.1 Å². The van der Waals surface area contributed by atoms with Crippen molar-refractivity contribution in [3.63, 3.8) is 0 Å². The number of hydrogen-bond donors (Lipinski definition) is 2. The summed E-state index contributed by atoms with van der Waals surface area (Å²) in [6, 6.07) is 7.09. The van der Waals surface area contributed by atoms with Crippen LogP contribution in [0.2, 0.25) is 0 Å². The average Bonchev–Trinajstić information content (AvgIpc) is 2.15. The Hall–Kier alpha value is 0.0164. The third-order valence-electron chi connectivity index (χ3n) is 1.84. The molecule has 1 aromatic carbocycles. The quantitative estimate of drug-likeness (QED) is 0.311. The molecule has 1 heterocycles. The molecule has 14 heavy (non-hydrogen) atoms. The van der Waals surface area contributed by atoms with Crippen molar-refractivity contribution in [2.24, 2.45) is 0 Å². The first kappa shape index (κ1) is 12.1. The molecule has 0 saturated carbocycles. The van der Waals surface area contributed by atoms with E-state index < -0.39 is 0 Å². The largest absolute Gasteiger partial charge is 1.00 e. The van der Waals surface area contributed by atoms with E-state index in [1.54, 1.807) is 18.2 Å². The summed E-state index contributed by atoms with van der Waals surface area (Å²) in [6.45, 7) is 0. The van der Waals surface area contributed by atoms with E-state index in [2.05, 4.69) is 4.98 Å². The van der Waals surface area contributed by atoms with Crippen LogP contribution in [-0.4, -0.2) is 9.66 Å². The van der Waals surface area contributed by atoms with Crippen LogP contribution in [0.25, 0.3) is 10.9 Å². The molecule has 0 bridgehead atoms. The molecule has 0 aliphatic heterocycles. The van der Waals surface area contributed by atoms with E-state index in [9.17, 15) is 4.79 Å². The summed E-state index contributed by atoms with van der Waals surface area (Å²) in [5.41, 5.74) is 0.429. The Kier molecular flexibility index (Phi) is 4.05. The summed E-state index contributed by atoms with van der Waals surface area (Å²) < 4.78 is 1.15. The van der Waals surface area contributed by atoms with Gasteiger partial charge in [-0.2, -0.15) is 4.68 Å². The molecule has 1 aromatic heterocycles. The number of nitrogens with two attached hydrogens (primary N) is 1. The molecule has 2 rings (SSSR count). The Balaban J connectivity index is 0.000000980. The van der Waals surface area contributed by atoms with Gasteiger partial charge in [0.25, 0.3) is 5.56 Å². The zero-order valence-electron chi connectivity index (χ0n) is 8.65. The fourth-order valence-electron chi connectivity index (χ4n) is 1.18. The Morgan fingerprint density at radius 2 is 2.07 bits per heavy atom. The van der Waals surface area contributed by atoms with Crippen LogP contribution in [-0.2, 0) is 0 Å². The van der Waals surface area contributed by atoms with Gasteiger partial charge in [-0.15, -0.1) is 0 Å². The number of nitrogen functional groups attached to an aromatic ring is 1. The van der Waals surface area contributed by atoms with E-state index in [1.807, 2.05) is 6.07 Å². The van der Waals surface area contributed by atoms with Crippen LogP contribution in [0, 0.1) is 4.77 Å². The maximum absolute atomic E-state index is 11.5. The maximum Gasteiger partial charge on any atom is 1.00 e. The second-order valence-corrected chi connectivity index (χ2v) is 3.04. The van der Waals surface area contributed by atoms with Gasteiger partial charge in [0, 0.05) is 0 Å². The molecule has 0 radical (unpaired) electrons. The first-order chi connectivity index (χ1) is 6.20. The van der Waals surface area contributed by atoms with E-state index in [4.69, 9.17) is 18.1 Å². The van der Waals surface area contributed by atoms with Crippen LogP contribution in [0.5, 0.6) is 0 Å². The van der Waals surface area contributed by atoms with Gasteiger partial charge >= 0.3 is 51.4 Å². The first-order valence-electron chi connectivity index (χ1n) is 3.69. The maximum atomic E-state index is 11.5. The van der Waals surface area contributed by atoms with Crippen molar-refractivity contribution >= 4 is 23.1 Å². The minimum absolute atomic E-state index is 0. The first-order valence-corrected chi connectivity index (χ1v) is 4.10. The molecule has 4 nitrogen and oxygen atoms in total. The Bertz CT molecular complexity index is 580. The third kappa shape index (κ3) is 2.00. The van der Waals surface area contributed by atoms with Crippen molar-refractivity contribution in [1.29, 1.82) is 0 Å².